The summed E-state index contributed by atoms with van der Waals surface area (Å²) in [6.45, 7) is 9.33. The zero-order valence-electron chi connectivity index (χ0n) is 10.2. The second kappa shape index (κ2) is 3.26. The van der Waals surface area contributed by atoms with Gasteiger partial charge in [-0.2, -0.15) is 0 Å². The fraction of sp³-hybridized carbons (Fsp3) is 0.571. The van der Waals surface area contributed by atoms with Crippen LogP contribution in [-0.2, 0) is 11.8 Å². The predicted octanol–water partition coefficient (Wildman–Crippen LogP) is 3.37. The van der Waals surface area contributed by atoms with Crippen molar-refractivity contribution >= 4 is 5.69 Å². The van der Waals surface area contributed by atoms with Crippen molar-refractivity contribution in [1.82, 2.24) is 0 Å². The Kier molecular flexibility index (Phi) is 2.29. The van der Waals surface area contributed by atoms with Crippen LogP contribution in [0.1, 0.15) is 38.8 Å². The van der Waals surface area contributed by atoms with Gasteiger partial charge in [0.2, 0.25) is 0 Å². The van der Waals surface area contributed by atoms with Gasteiger partial charge in [0.05, 0.1) is 0 Å². The molecule has 0 saturated heterocycles. The second-order valence-corrected chi connectivity index (χ2v) is 5.65. The first-order valence-corrected chi connectivity index (χ1v) is 5.82. The molecule has 1 aliphatic rings. The van der Waals surface area contributed by atoms with Gasteiger partial charge in [-0.1, -0.05) is 39.8 Å². The first-order valence-electron chi connectivity index (χ1n) is 5.82. The molecule has 1 aliphatic carbocycles. The van der Waals surface area contributed by atoms with Gasteiger partial charge < -0.3 is 5.73 Å². The van der Waals surface area contributed by atoms with Crippen LogP contribution in [0.3, 0.4) is 0 Å². The molecule has 1 aromatic carbocycles. The van der Waals surface area contributed by atoms with E-state index in [4.69, 9.17) is 5.73 Å². The summed E-state index contributed by atoms with van der Waals surface area (Å²) in [4.78, 5) is 0. The molecule has 0 amide bonds. The molecule has 1 heteroatoms. The highest BCUT2D eigenvalue weighted by molar-refractivity contribution is 5.56. The number of benzene rings is 1. The van der Waals surface area contributed by atoms with E-state index in [0.29, 0.717) is 5.92 Å². The first kappa shape index (κ1) is 10.5. The van der Waals surface area contributed by atoms with Crippen LogP contribution in [0.25, 0.3) is 0 Å². The molecular weight excluding hydrogens is 182 g/mol. The van der Waals surface area contributed by atoms with Crippen molar-refractivity contribution in [3.05, 3.63) is 29.3 Å². The average molecular weight is 203 g/mol. The minimum absolute atomic E-state index is 0.277. The summed E-state index contributed by atoms with van der Waals surface area (Å²) in [5.74, 6) is 1.43. The van der Waals surface area contributed by atoms with Crippen molar-refractivity contribution in [1.29, 1.82) is 0 Å². The Bertz CT molecular complexity index is 377. The van der Waals surface area contributed by atoms with Crippen LogP contribution in [0.15, 0.2) is 18.2 Å². The maximum atomic E-state index is 6.06. The van der Waals surface area contributed by atoms with E-state index < -0.39 is 0 Å². The zero-order valence-corrected chi connectivity index (χ0v) is 10.2. The van der Waals surface area contributed by atoms with Crippen molar-refractivity contribution in [2.75, 3.05) is 5.73 Å². The smallest absolute Gasteiger partial charge is 0.0349 e. The van der Waals surface area contributed by atoms with Crippen LogP contribution >= 0.6 is 0 Å². The first-order chi connectivity index (χ1) is 6.94. The molecular formula is C14H21N. The highest BCUT2D eigenvalue weighted by Crippen LogP contribution is 2.47. The number of nitrogens with two attached hydrogens (primary N) is 1. The van der Waals surface area contributed by atoms with Crippen molar-refractivity contribution in [2.24, 2.45) is 11.8 Å². The summed E-state index contributed by atoms with van der Waals surface area (Å²) in [5.41, 5.74) is 10.2. The van der Waals surface area contributed by atoms with Crippen molar-refractivity contribution < 1.29 is 0 Å². The van der Waals surface area contributed by atoms with Crippen molar-refractivity contribution in [2.45, 2.75) is 39.5 Å². The number of hydrogen-bond acceptors (Lipinski definition) is 1. The Morgan fingerprint density at radius 1 is 1.33 bits per heavy atom. The maximum Gasteiger partial charge on any atom is 0.0349 e. The number of anilines is 1. The summed E-state index contributed by atoms with van der Waals surface area (Å²) < 4.78 is 0. The van der Waals surface area contributed by atoms with E-state index in [1.54, 1.807) is 0 Å². The van der Waals surface area contributed by atoms with Gasteiger partial charge in [-0.25, -0.2) is 0 Å². The zero-order chi connectivity index (χ0) is 11.2. The number of nitrogen functional groups attached to an aromatic ring is 1. The van der Waals surface area contributed by atoms with E-state index in [2.05, 4.69) is 39.8 Å². The second-order valence-electron chi connectivity index (χ2n) is 5.65. The van der Waals surface area contributed by atoms with Crippen LogP contribution in [0, 0.1) is 11.8 Å². The molecule has 1 aromatic rings. The Labute approximate surface area is 92.7 Å². The Hall–Kier alpha value is -0.980. The number of fused-ring (bicyclic) bond motifs is 1. The quantitative estimate of drug-likeness (QED) is 0.696. The molecule has 0 heterocycles. The van der Waals surface area contributed by atoms with E-state index in [1.807, 2.05) is 6.07 Å². The molecule has 0 spiro atoms. The molecule has 2 rings (SSSR count). The standard InChI is InChI=1S/C14H21N/c1-9(2)12-8-10-11(14(12,3)4)6-5-7-13(10)15/h5-7,9,12H,8,15H2,1-4H3/t12-/m0/s1. The molecule has 0 fully saturated rings. The highest BCUT2D eigenvalue weighted by atomic mass is 14.6. The van der Waals surface area contributed by atoms with Gasteiger partial charge in [-0.05, 0) is 40.9 Å². The Balaban J connectivity index is 2.52. The number of rotatable bonds is 1. The minimum atomic E-state index is 0.277. The van der Waals surface area contributed by atoms with Crippen LogP contribution < -0.4 is 5.73 Å². The normalized spacial score (nSPS) is 23.1. The van der Waals surface area contributed by atoms with E-state index >= 15 is 0 Å². The lowest BCUT2D eigenvalue weighted by Crippen LogP contribution is -2.28. The van der Waals surface area contributed by atoms with Crippen LogP contribution in [-0.4, -0.2) is 0 Å². The SMILES string of the molecule is CC(C)[C@@H]1Cc2c(N)cccc2C1(C)C. The molecule has 0 aromatic heterocycles. The topological polar surface area (TPSA) is 26.0 Å². The van der Waals surface area contributed by atoms with E-state index in [0.717, 1.165) is 18.0 Å². The van der Waals surface area contributed by atoms with Gasteiger partial charge in [0.15, 0.2) is 0 Å². The highest BCUT2D eigenvalue weighted by Gasteiger charge is 2.41. The Morgan fingerprint density at radius 2 is 2.00 bits per heavy atom. The monoisotopic (exact) mass is 203 g/mol. The van der Waals surface area contributed by atoms with E-state index in [-0.39, 0.29) is 5.41 Å². The summed E-state index contributed by atoms with van der Waals surface area (Å²) in [7, 11) is 0. The summed E-state index contributed by atoms with van der Waals surface area (Å²) in [5, 5.41) is 0. The molecule has 1 nitrogen and oxygen atoms in total. The van der Waals surface area contributed by atoms with Gasteiger partial charge in [-0.3, -0.25) is 0 Å². The predicted molar refractivity (Wildman–Crippen MR) is 65.9 cm³/mol. The van der Waals surface area contributed by atoms with Crippen molar-refractivity contribution in [3.63, 3.8) is 0 Å². The van der Waals surface area contributed by atoms with Crippen molar-refractivity contribution in [3.8, 4) is 0 Å². The molecule has 0 bridgehead atoms. The third-order valence-electron chi connectivity index (χ3n) is 4.06. The molecule has 2 N–H and O–H groups in total. The fourth-order valence-electron chi connectivity index (χ4n) is 3.18. The van der Waals surface area contributed by atoms with Crippen LogP contribution in [0.5, 0.6) is 0 Å². The van der Waals surface area contributed by atoms with E-state index in [1.165, 1.54) is 11.1 Å². The minimum Gasteiger partial charge on any atom is -0.398 e. The molecule has 0 saturated carbocycles. The molecule has 15 heavy (non-hydrogen) atoms. The molecule has 0 unspecified atom stereocenters. The summed E-state index contributed by atoms with van der Waals surface area (Å²) >= 11 is 0. The molecule has 82 valence electrons. The fourth-order valence-corrected chi connectivity index (χ4v) is 3.18. The lowest BCUT2D eigenvalue weighted by atomic mass is 9.73. The number of hydrogen-bond donors (Lipinski definition) is 1. The van der Waals surface area contributed by atoms with Gasteiger partial charge in [0.25, 0.3) is 0 Å². The molecule has 0 aliphatic heterocycles. The molecule has 0 radical (unpaired) electrons. The largest absolute Gasteiger partial charge is 0.398 e. The van der Waals surface area contributed by atoms with E-state index in [9.17, 15) is 0 Å². The van der Waals surface area contributed by atoms with Gasteiger partial charge >= 0.3 is 0 Å². The Morgan fingerprint density at radius 3 is 2.53 bits per heavy atom. The van der Waals surface area contributed by atoms with Gasteiger partial charge in [0, 0.05) is 5.69 Å². The molecule has 1 atom stereocenters. The lowest BCUT2D eigenvalue weighted by molar-refractivity contribution is 0.265. The maximum absolute atomic E-state index is 6.06. The van der Waals surface area contributed by atoms with Gasteiger partial charge in [0.1, 0.15) is 0 Å². The average Bonchev–Trinajstić information content (AvgIpc) is 2.40. The summed E-state index contributed by atoms with van der Waals surface area (Å²) in [6, 6.07) is 6.35. The van der Waals surface area contributed by atoms with Crippen LogP contribution in [0.4, 0.5) is 5.69 Å². The van der Waals surface area contributed by atoms with Crippen LogP contribution in [0.2, 0.25) is 0 Å². The lowest BCUT2D eigenvalue weighted by Gasteiger charge is -2.31. The third kappa shape index (κ3) is 1.45. The third-order valence-corrected chi connectivity index (χ3v) is 4.06. The van der Waals surface area contributed by atoms with Gasteiger partial charge in [-0.15, -0.1) is 0 Å². The summed E-state index contributed by atoms with van der Waals surface area (Å²) in [6.07, 6.45) is 1.15.